The van der Waals surface area contributed by atoms with Crippen LogP contribution in [0.3, 0.4) is 0 Å². The molecule has 0 amide bonds. The summed E-state index contributed by atoms with van der Waals surface area (Å²) < 4.78 is 39.7. The van der Waals surface area contributed by atoms with Crippen molar-refractivity contribution >= 4 is 27.3 Å². The van der Waals surface area contributed by atoms with Crippen molar-refractivity contribution in [1.29, 1.82) is 5.41 Å². The van der Waals surface area contributed by atoms with Gasteiger partial charge in [0.15, 0.2) is 0 Å². The van der Waals surface area contributed by atoms with Gasteiger partial charge in [0.25, 0.3) is 0 Å². The summed E-state index contributed by atoms with van der Waals surface area (Å²) in [6, 6.07) is 6.08. The first-order valence-corrected chi connectivity index (χ1v) is 10.7. The van der Waals surface area contributed by atoms with Gasteiger partial charge in [-0.2, -0.15) is 0 Å². The first kappa shape index (κ1) is 17.6. The third kappa shape index (κ3) is 5.17. The molecule has 0 aromatic heterocycles. The standard InChI is InChI=1S/C12H15ClFINO3S/c1-8(13)12(16)19-11(15-7-14)9-3-5-10(6-4-9)20(2,17)18/h3-6,8,11,16H,7H2,1-2H3/q-1/t8?,11-/m1/s1. The van der Waals surface area contributed by atoms with Gasteiger partial charge in [-0.15, -0.1) is 0 Å². The molecule has 0 fully saturated rings. The number of rotatable bonds is 6. The average molecular weight is 435 g/mol. The summed E-state index contributed by atoms with van der Waals surface area (Å²) in [5, 5.41) is 7.00. The Balaban J connectivity index is 2.95. The maximum atomic E-state index is 12.6. The van der Waals surface area contributed by atoms with Gasteiger partial charge in [0, 0.05) is 0 Å². The van der Waals surface area contributed by atoms with Crippen molar-refractivity contribution in [3.05, 3.63) is 29.8 Å². The molecule has 1 aromatic carbocycles. The third-order valence-corrected chi connectivity index (χ3v) is 5.79. The SMILES string of the molecule is CC(Cl)C(=N)O[C@@H]([I-]CF)c1ccc(S(C)(=O)=O)cc1. The number of ether oxygens (including phenoxy) is 1. The Hall–Kier alpha value is -0.410. The van der Waals surface area contributed by atoms with Gasteiger partial charge in [0.05, 0.1) is 0 Å². The fourth-order valence-corrected chi connectivity index (χ4v) is 3.67. The van der Waals surface area contributed by atoms with E-state index < -0.39 is 45.2 Å². The molecule has 20 heavy (non-hydrogen) atoms. The van der Waals surface area contributed by atoms with E-state index in [-0.39, 0.29) is 10.8 Å². The van der Waals surface area contributed by atoms with Gasteiger partial charge in [-0.3, -0.25) is 0 Å². The van der Waals surface area contributed by atoms with E-state index in [4.69, 9.17) is 21.7 Å². The molecule has 0 bridgehead atoms. The van der Waals surface area contributed by atoms with E-state index in [9.17, 15) is 12.8 Å². The number of sulfone groups is 1. The summed E-state index contributed by atoms with van der Waals surface area (Å²) in [5.41, 5.74) is 0.657. The Kier molecular flexibility index (Phi) is 6.67. The van der Waals surface area contributed by atoms with Crippen LogP contribution in [0.5, 0.6) is 0 Å². The molecular weight excluding hydrogens is 420 g/mol. The molecule has 1 unspecified atom stereocenters. The molecule has 0 aliphatic carbocycles. The third-order valence-electron chi connectivity index (χ3n) is 2.36. The molecule has 0 aliphatic rings. The zero-order valence-corrected chi connectivity index (χ0v) is 14.7. The Labute approximate surface area is 133 Å². The van der Waals surface area contributed by atoms with E-state index in [1.807, 2.05) is 0 Å². The van der Waals surface area contributed by atoms with E-state index in [1.54, 1.807) is 19.1 Å². The number of halogens is 3. The number of benzene rings is 1. The fourth-order valence-electron chi connectivity index (χ4n) is 1.31. The monoisotopic (exact) mass is 434 g/mol. The van der Waals surface area contributed by atoms with E-state index >= 15 is 0 Å². The normalized spacial score (nSPS) is 14.8. The molecule has 1 N–H and O–H groups in total. The second kappa shape index (κ2) is 7.56. The Morgan fingerprint density at radius 3 is 2.40 bits per heavy atom. The zero-order chi connectivity index (χ0) is 15.3. The summed E-state index contributed by atoms with van der Waals surface area (Å²) >= 11 is 4.78. The van der Waals surface area contributed by atoms with Crippen LogP contribution in [0.1, 0.15) is 16.6 Å². The topological polar surface area (TPSA) is 67.2 Å². The predicted molar refractivity (Wildman–Crippen MR) is 72.4 cm³/mol. The summed E-state index contributed by atoms with van der Waals surface area (Å²) in [6.45, 7) is 1.60. The van der Waals surface area contributed by atoms with Crippen LogP contribution in [0.4, 0.5) is 4.39 Å². The summed E-state index contributed by atoms with van der Waals surface area (Å²) in [5.74, 6) is -0.114. The van der Waals surface area contributed by atoms with Gasteiger partial charge < -0.3 is 0 Å². The summed E-state index contributed by atoms with van der Waals surface area (Å²) in [7, 11) is -3.26. The minimum atomic E-state index is -3.26. The van der Waals surface area contributed by atoms with Gasteiger partial charge in [0.2, 0.25) is 0 Å². The second-order valence-electron chi connectivity index (χ2n) is 4.01. The fraction of sp³-hybridized carbons (Fsp3) is 0.417. The van der Waals surface area contributed by atoms with E-state index in [1.165, 1.54) is 12.1 Å². The molecule has 2 atom stereocenters. The van der Waals surface area contributed by atoms with Gasteiger partial charge >= 0.3 is 134 Å². The molecule has 4 nitrogen and oxygen atoms in total. The van der Waals surface area contributed by atoms with Crippen molar-refractivity contribution in [3.8, 4) is 0 Å². The molecule has 0 heterocycles. The van der Waals surface area contributed by atoms with Gasteiger partial charge in [-0.05, 0) is 0 Å². The van der Waals surface area contributed by atoms with Crippen LogP contribution < -0.4 is 21.2 Å². The number of alkyl halides is 4. The van der Waals surface area contributed by atoms with Crippen LogP contribution in [0, 0.1) is 5.41 Å². The van der Waals surface area contributed by atoms with Crippen molar-refractivity contribution in [1.82, 2.24) is 0 Å². The van der Waals surface area contributed by atoms with E-state index in [2.05, 4.69) is 0 Å². The van der Waals surface area contributed by atoms with Crippen LogP contribution in [0.15, 0.2) is 29.2 Å². The van der Waals surface area contributed by atoms with Crippen molar-refractivity contribution in [3.63, 3.8) is 0 Å². The van der Waals surface area contributed by atoms with E-state index in [0.717, 1.165) is 6.26 Å². The second-order valence-corrected chi connectivity index (χ2v) is 9.27. The first-order chi connectivity index (χ1) is 9.25. The average Bonchev–Trinajstić information content (AvgIpc) is 2.37. The molecule has 0 spiro atoms. The molecule has 8 heteroatoms. The van der Waals surface area contributed by atoms with Crippen LogP contribution in [-0.4, -0.2) is 30.6 Å². The molecule has 0 saturated heterocycles. The molecule has 1 aromatic rings. The molecule has 0 aliphatic heterocycles. The van der Waals surface area contributed by atoms with Crippen LogP contribution in [0.2, 0.25) is 0 Å². The van der Waals surface area contributed by atoms with Crippen LogP contribution in [0.25, 0.3) is 0 Å². The van der Waals surface area contributed by atoms with Gasteiger partial charge in [-0.1, -0.05) is 0 Å². The van der Waals surface area contributed by atoms with Crippen molar-refractivity contribution in [2.75, 3.05) is 10.9 Å². The van der Waals surface area contributed by atoms with Crippen molar-refractivity contribution in [2.24, 2.45) is 0 Å². The molecule has 1 rings (SSSR count). The summed E-state index contributed by atoms with van der Waals surface area (Å²) in [6.07, 6.45) is 1.12. The molecule has 0 radical (unpaired) electrons. The Bertz CT molecular complexity index is 563. The Morgan fingerprint density at radius 2 is 2.00 bits per heavy atom. The van der Waals surface area contributed by atoms with Gasteiger partial charge in [-0.25, -0.2) is 0 Å². The quantitative estimate of drug-likeness (QED) is 0.290. The number of hydrogen-bond donors (Lipinski definition) is 1. The van der Waals surface area contributed by atoms with Crippen molar-refractivity contribution < 1.29 is 38.8 Å². The maximum absolute atomic E-state index is 12.6. The molecular formula is C12H15ClFINO3S-. The Morgan fingerprint density at radius 1 is 1.45 bits per heavy atom. The minimum absolute atomic E-state index is 0.114. The first-order valence-electron chi connectivity index (χ1n) is 5.58. The zero-order valence-electron chi connectivity index (χ0n) is 10.9. The van der Waals surface area contributed by atoms with Crippen LogP contribution in [-0.2, 0) is 14.6 Å². The van der Waals surface area contributed by atoms with Crippen LogP contribution >= 0.6 is 11.6 Å². The van der Waals surface area contributed by atoms with Gasteiger partial charge in [0.1, 0.15) is 0 Å². The predicted octanol–water partition coefficient (Wildman–Crippen LogP) is -0.274. The van der Waals surface area contributed by atoms with Crippen molar-refractivity contribution in [2.45, 2.75) is 21.3 Å². The van der Waals surface area contributed by atoms with E-state index in [0.29, 0.717) is 5.56 Å². The number of hydrogen-bond acceptors (Lipinski definition) is 4. The molecule has 0 saturated carbocycles. The number of nitrogens with one attached hydrogen (secondary N) is 1. The molecule has 114 valence electrons. The summed E-state index contributed by atoms with van der Waals surface area (Å²) in [4.78, 5) is 0.194.